The minimum absolute atomic E-state index is 0.109. The second-order valence-corrected chi connectivity index (χ2v) is 6.68. The van der Waals surface area contributed by atoms with Gasteiger partial charge in [0.1, 0.15) is 0 Å². The molecule has 1 fully saturated rings. The highest BCUT2D eigenvalue weighted by atomic mass is 16.3. The number of fused-ring (bicyclic) bond motifs is 1. The Balaban J connectivity index is 1.97. The highest BCUT2D eigenvalue weighted by molar-refractivity contribution is 6.07. The van der Waals surface area contributed by atoms with Crippen LogP contribution in [0.4, 0.5) is 5.69 Å². The van der Waals surface area contributed by atoms with E-state index in [0.717, 1.165) is 36.9 Å². The van der Waals surface area contributed by atoms with Crippen molar-refractivity contribution in [1.29, 1.82) is 0 Å². The van der Waals surface area contributed by atoms with Crippen molar-refractivity contribution in [2.75, 3.05) is 11.9 Å². The fraction of sp³-hybridized carbons (Fsp3) is 0.588. The van der Waals surface area contributed by atoms with Crippen molar-refractivity contribution in [3.8, 4) is 0 Å². The Morgan fingerprint density at radius 3 is 2.55 bits per heavy atom. The second kappa shape index (κ2) is 4.59. The van der Waals surface area contributed by atoms with E-state index in [1.807, 2.05) is 38.2 Å². The van der Waals surface area contributed by atoms with Crippen LogP contribution in [0.15, 0.2) is 24.3 Å². The van der Waals surface area contributed by atoms with Gasteiger partial charge in [0.25, 0.3) is 0 Å². The molecular formula is C17H23NO2. The molecule has 1 atom stereocenters. The van der Waals surface area contributed by atoms with Crippen LogP contribution in [0.2, 0.25) is 0 Å². The molecule has 3 rings (SSSR count). The molecule has 1 aliphatic heterocycles. The van der Waals surface area contributed by atoms with Gasteiger partial charge in [-0.15, -0.1) is 0 Å². The molecule has 108 valence electrons. The predicted octanol–water partition coefficient (Wildman–Crippen LogP) is 3.01. The molecule has 1 amide bonds. The van der Waals surface area contributed by atoms with Crippen LogP contribution in [0.25, 0.3) is 0 Å². The van der Waals surface area contributed by atoms with Gasteiger partial charge < -0.3 is 10.0 Å². The fourth-order valence-electron chi connectivity index (χ4n) is 4.04. The number of aliphatic hydroxyl groups is 1. The smallest absolute Gasteiger partial charge is 0.237 e. The number of para-hydroxylation sites is 1. The first-order valence-corrected chi connectivity index (χ1v) is 7.56. The van der Waals surface area contributed by atoms with Crippen LogP contribution in [-0.2, 0) is 10.2 Å². The summed E-state index contributed by atoms with van der Waals surface area (Å²) in [5.41, 5.74) is 0.782. The molecule has 1 unspecified atom stereocenters. The van der Waals surface area contributed by atoms with Crippen molar-refractivity contribution in [3.05, 3.63) is 29.8 Å². The van der Waals surface area contributed by atoms with Crippen LogP contribution < -0.4 is 4.90 Å². The van der Waals surface area contributed by atoms with E-state index in [-0.39, 0.29) is 5.91 Å². The monoisotopic (exact) mass is 273 g/mol. The summed E-state index contributed by atoms with van der Waals surface area (Å²) >= 11 is 0. The third-order valence-corrected chi connectivity index (χ3v) is 5.10. The second-order valence-electron chi connectivity index (χ2n) is 6.68. The number of anilines is 1. The number of amides is 1. The molecule has 1 aliphatic carbocycles. The van der Waals surface area contributed by atoms with Crippen LogP contribution in [0.5, 0.6) is 0 Å². The molecule has 0 radical (unpaired) electrons. The number of rotatable bonds is 2. The largest absolute Gasteiger partial charge is 0.390 e. The average molecular weight is 273 g/mol. The van der Waals surface area contributed by atoms with E-state index in [1.54, 1.807) is 4.90 Å². The van der Waals surface area contributed by atoms with Crippen molar-refractivity contribution >= 4 is 11.6 Å². The Morgan fingerprint density at radius 2 is 1.85 bits per heavy atom. The molecule has 2 aliphatic rings. The van der Waals surface area contributed by atoms with E-state index in [2.05, 4.69) is 0 Å². The molecule has 1 aromatic carbocycles. The molecule has 0 spiro atoms. The van der Waals surface area contributed by atoms with Crippen LogP contribution in [0, 0.1) is 0 Å². The van der Waals surface area contributed by atoms with E-state index in [9.17, 15) is 9.90 Å². The van der Waals surface area contributed by atoms with Crippen LogP contribution in [-0.4, -0.2) is 23.7 Å². The van der Waals surface area contributed by atoms with Gasteiger partial charge in [0.2, 0.25) is 5.91 Å². The summed E-state index contributed by atoms with van der Waals surface area (Å²) in [7, 11) is 1.83. The molecule has 0 saturated heterocycles. The first-order valence-electron chi connectivity index (χ1n) is 7.56. The van der Waals surface area contributed by atoms with Crippen molar-refractivity contribution in [2.24, 2.45) is 0 Å². The topological polar surface area (TPSA) is 40.5 Å². The first-order chi connectivity index (χ1) is 9.46. The van der Waals surface area contributed by atoms with Crippen LogP contribution >= 0.6 is 0 Å². The molecule has 0 bridgehead atoms. The minimum Gasteiger partial charge on any atom is -0.390 e. The molecule has 3 nitrogen and oxygen atoms in total. The summed E-state index contributed by atoms with van der Waals surface area (Å²) in [6.07, 6.45) is 5.52. The van der Waals surface area contributed by atoms with E-state index in [0.29, 0.717) is 6.42 Å². The molecule has 3 heteroatoms. The number of hydrogen-bond acceptors (Lipinski definition) is 2. The summed E-state index contributed by atoms with van der Waals surface area (Å²) in [4.78, 5) is 14.5. The minimum atomic E-state index is -0.680. The normalized spacial score (nSPS) is 28.6. The zero-order valence-corrected chi connectivity index (χ0v) is 12.4. The van der Waals surface area contributed by atoms with E-state index < -0.39 is 11.0 Å². The van der Waals surface area contributed by atoms with Gasteiger partial charge in [-0.2, -0.15) is 0 Å². The van der Waals surface area contributed by atoms with Gasteiger partial charge in [-0.25, -0.2) is 0 Å². The maximum atomic E-state index is 12.7. The summed E-state index contributed by atoms with van der Waals surface area (Å²) < 4.78 is 0. The SMILES string of the molecule is CN1C(=O)C(C)(CC2(O)CCCCC2)c2ccccc21. The average Bonchev–Trinajstić information content (AvgIpc) is 2.62. The lowest BCUT2D eigenvalue weighted by Crippen LogP contribution is -2.44. The van der Waals surface area contributed by atoms with Gasteiger partial charge in [0.15, 0.2) is 0 Å². The van der Waals surface area contributed by atoms with E-state index in [4.69, 9.17) is 0 Å². The van der Waals surface area contributed by atoms with Crippen molar-refractivity contribution in [1.82, 2.24) is 0 Å². The number of carbonyl (C=O) groups excluding carboxylic acids is 1. The summed E-state index contributed by atoms with van der Waals surface area (Å²) in [6, 6.07) is 7.96. The van der Waals surface area contributed by atoms with Crippen LogP contribution in [0.1, 0.15) is 51.0 Å². The number of carbonyl (C=O) groups is 1. The molecule has 1 N–H and O–H groups in total. The highest BCUT2D eigenvalue weighted by Crippen LogP contribution is 2.47. The molecule has 1 aromatic rings. The number of benzene rings is 1. The lowest BCUT2D eigenvalue weighted by molar-refractivity contribution is -0.125. The van der Waals surface area contributed by atoms with Gasteiger partial charge in [-0.3, -0.25) is 4.79 Å². The van der Waals surface area contributed by atoms with Crippen molar-refractivity contribution in [2.45, 2.75) is 56.5 Å². The van der Waals surface area contributed by atoms with Gasteiger partial charge in [-0.1, -0.05) is 37.5 Å². The first kappa shape index (κ1) is 13.6. The number of nitrogens with zero attached hydrogens (tertiary/aromatic N) is 1. The molecule has 1 heterocycles. The lowest BCUT2D eigenvalue weighted by Gasteiger charge is -2.38. The Morgan fingerprint density at radius 1 is 1.20 bits per heavy atom. The van der Waals surface area contributed by atoms with Crippen molar-refractivity contribution in [3.63, 3.8) is 0 Å². The van der Waals surface area contributed by atoms with Gasteiger partial charge >= 0.3 is 0 Å². The van der Waals surface area contributed by atoms with Gasteiger partial charge in [-0.05, 0) is 37.8 Å². The summed E-state index contributed by atoms with van der Waals surface area (Å²) in [5, 5.41) is 10.9. The summed E-state index contributed by atoms with van der Waals surface area (Å²) in [6.45, 7) is 1.99. The molecule has 1 saturated carbocycles. The van der Waals surface area contributed by atoms with Crippen molar-refractivity contribution < 1.29 is 9.90 Å². The molecule has 20 heavy (non-hydrogen) atoms. The Hall–Kier alpha value is -1.35. The predicted molar refractivity (Wildman–Crippen MR) is 79.9 cm³/mol. The standard InChI is InChI=1S/C17H23NO2/c1-16(12-17(20)10-6-3-7-11-17)13-8-4-5-9-14(13)18(2)15(16)19/h4-5,8-9,20H,3,6-7,10-12H2,1-2H3. The maximum Gasteiger partial charge on any atom is 0.237 e. The van der Waals surface area contributed by atoms with Crippen LogP contribution in [0.3, 0.4) is 0 Å². The fourth-order valence-corrected chi connectivity index (χ4v) is 4.04. The quantitative estimate of drug-likeness (QED) is 0.900. The summed E-state index contributed by atoms with van der Waals surface area (Å²) in [5.74, 6) is 0.109. The Kier molecular flexibility index (Phi) is 3.13. The highest BCUT2D eigenvalue weighted by Gasteiger charge is 2.50. The Labute approximate surface area is 120 Å². The van der Waals surface area contributed by atoms with E-state index >= 15 is 0 Å². The third-order valence-electron chi connectivity index (χ3n) is 5.10. The Bertz CT molecular complexity index is 534. The molecular weight excluding hydrogens is 250 g/mol. The third kappa shape index (κ3) is 1.96. The van der Waals surface area contributed by atoms with Gasteiger partial charge in [0.05, 0.1) is 11.0 Å². The van der Waals surface area contributed by atoms with E-state index in [1.165, 1.54) is 6.42 Å². The van der Waals surface area contributed by atoms with Gasteiger partial charge in [0, 0.05) is 12.7 Å². The number of hydrogen-bond donors (Lipinski definition) is 1. The zero-order chi connectivity index (χ0) is 14.4. The molecule has 0 aromatic heterocycles. The lowest BCUT2D eigenvalue weighted by atomic mass is 9.70. The zero-order valence-electron chi connectivity index (χ0n) is 12.4. The maximum absolute atomic E-state index is 12.7. The number of likely N-dealkylation sites (N-methyl/N-ethyl adjacent to an activating group) is 1.